The SMILES string of the molecule is NS(=O)(=O)c1n[nH]c2cncnc12. The van der Waals surface area contributed by atoms with Gasteiger partial charge in [0.15, 0.2) is 0 Å². The molecular weight excluding hydrogens is 194 g/mol. The van der Waals surface area contributed by atoms with Crippen molar-refractivity contribution in [2.24, 2.45) is 5.14 Å². The van der Waals surface area contributed by atoms with Crippen molar-refractivity contribution in [3.05, 3.63) is 12.5 Å². The van der Waals surface area contributed by atoms with Crippen LogP contribution in [0.2, 0.25) is 0 Å². The molecule has 7 nitrogen and oxygen atoms in total. The lowest BCUT2D eigenvalue weighted by atomic mass is 10.5. The molecule has 0 unspecified atom stereocenters. The van der Waals surface area contributed by atoms with E-state index in [1.807, 2.05) is 0 Å². The Hall–Kier alpha value is -1.54. The van der Waals surface area contributed by atoms with Crippen molar-refractivity contribution in [1.82, 2.24) is 20.2 Å². The molecule has 8 heteroatoms. The lowest BCUT2D eigenvalue weighted by Gasteiger charge is -1.89. The summed E-state index contributed by atoms with van der Waals surface area (Å²) in [7, 11) is -3.82. The van der Waals surface area contributed by atoms with Crippen LogP contribution in [0.4, 0.5) is 0 Å². The predicted molar refractivity (Wildman–Crippen MR) is 43.1 cm³/mol. The minimum Gasteiger partial charge on any atom is -0.273 e. The molecular formula is C5H5N5O2S. The molecule has 0 aliphatic rings. The van der Waals surface area contributed by atoms with E-state index < -0.39 is 10.0 Å². The number of nitrogens with one attached hydrogen (secondary N) is 1. The molecule has 68 valence electrons. The van der Waals surface area contributed by atoms with Gasteiger partial charge in [-0.25, -0.2) is 23.5 Å². The molecule has 0 aromatic carbocycles. The number of hydrogen-bond acceptors (Lipinski definition) is 5. The maximum absolute atomic E-state index is 10.9. The van der Waals surface area contributed by atoms with Crippen LogP contribution in [-0.2, 0) is 10.0 Å². The standard InChI is InChI=1S/C5H5N5O2S/c6-13(11,12)5-4-3(9-10-5)1-7-2-8-4/h1-2H,(H,9,10)(H2,6,11,12). The van der Waals surface area contributed by atoms with Gasteiger partial charge in [-0.1, -0.05) is 0 Å². The molecule has 0 saturated carbocycles. The molecule has 3 N–H and O–H groups in total. The van der Waals surface area contributed by atoms with E-state index in [0.29, 0.717) is 5.52 Å². The maximum atomic E-state index is 10.9. The second kappa shape index (κ2) is 2.47. The summed E-state index contributed by atoms with van der Waals surface area (Å²) in [5.74, 6) is 0. The second-order valence-electron chi connectivity index (χ2n) is 2.36. The van der Waals surface area contributed by atoms with Gasteiger partial charge in [0.05, 0.1) is 6.20 Å². The summed E-state index contributed by atoms with van der Waals surface area (Å²) in [5, 5.41) is 10.6. The fourth-order valence-corrected chi connectivity index (χ4v) is 1.55. The first-order valence-electron chi connectivity index (χ1n) is 3.26. The number of nitrogens with zero attached hydrogens (tertiary/aromatic N) is 3. The highest BCUT2D eigenvalue weighted by atomic mass is 32.2. The summed E-state index contributed by atoms with van der Waals surface area (Å²) < 4.78 is 21.9. The minimum atomic E-state index is -3.82. The van der Waals surface area contributed by atoms with E-state index in [2.05, 4.69) is 20.2 Å². The number of rotatable bonds is 1. The van der Waals surface area contributed by atoms with Crippen LogP contribution in [0.25, 0.3) is 11.0 Å². The summed E-state index contributed by atoms with van der Waals surface area (Å²) in [4.78, 5) is 7.43. The zero-order valence-corrected chi connectivity index (χ0v) is 7.11. The van der Waals surface area contributed by atoms with Crippen LogP contribution in [0.3, 0.4) is 0 Å². The summed E-state index contributed by atoms with van der Waals surface area (Å²) >= 11 is 0. The molecule has 0 atom stereocenters. The van der Waals surface area contributed by atoms with Gasteiger partial charge >= 0.3 is 0 Å². The molecule has 0 radical (unpaired) electrons. The number of H-pyrrole nitrogens is 1. The Morgan fingerprint density at radius 3 is 2.92 bits per heavy atom. The van der Waals surface area contributed by atoms with Crippen molar-refractivity contribution in [1.29, 1.82) is 0 Å². The zero-order chi connectivity index (χ0) is 9.47. The van der Waals surface area contributed by atoms with E-state index in [1.54, 1.807) is 0 Å². The first-order valence-corrected chi connectivity index (χ1v) is 4.80. The monoisotopic (exact) mass is 199 g/mol. The summed E-state index contributed by atoms with van der Waals surface area (Å²) in [6.07, 6.45) is 2.65. The molecule has 0 bridgehead atoms. The Morgan fingerprint density at radius 1 is 1.46 bits per heavy atom. The van der Waals surface area contributed by atoms with Crippen molar-refractivity contribution in [3.8, 4) is 0 Å². The second-order valence-corrected chi connectivity index (χ2v) is 3.84. The van der Waals surface area contributed by atoms with Gasteiger partial charge in [0.1, 0.15) is 17.4 Å². The third-order valence-corrected chi connectivity index (χ3v) is 2.29. The van der Waals surface area contributed by atoms with E-state index in [1.165, 1.54) is 12.5 Å². The molecule has 0 amide bonds. The number of sulfonamides is 1. The number of fused-ring (bicyclic) bond motifs is 1. The van der Waals surface area contributed by atoms with E-state index in [4.69, 9.17) is 5.14 Å². The molecule has 0 aliphatic heterocycles. The molecule has 0 fully saturated rings. The average Bonchev–Trinajstić information content (AvgIpc) is 2.45. The number of primary sulfonamides is 1. The fourth-order valence-electron chi connectivity index (χ4n) is 0.944. The van der Waals surface area contributed by atoms with Gasteiger partial charge in [0.2, 0.25) is 5.03 Å². The van der Waals surface area contributed by atoms with Crippen LogP contribution in [0.1, 0.15) is 0 Å². The van der Waals surface area contributed by atoms with Gasteiger partial charge in [0, 0.05) is 0 Å². The molecule has 2 rings (SSSR count). The van der Waals surface area contributed by atoms with Gasteiger partial charge in [0.25, 0.3) is 10.0 Å². The molecule has 2 heterocycles. The number of hydrogen-bond donors (Lipinski definition) is 2. The van der Waals surface area contributed by atoms with E-state index >= 15 is 0 Å². The van der Waals surface area contributed by atoms with Crippen LogP contribution < -0.4 is 5.14 Å². The third-order valence-electron chi connectivity index (χ3n) is 1.46. The maximum Gasteiger partial charge on any atom is 0.259 e. The predicted octanol–water partition coefficient (Wildman–Crippen LogP) is -1.000. The Labute approximate surface area is 73.1 Å². The smallest absolute Gasteiger partial charge is 0.259 e. The van der Waals surface area contributed by atoms with Crippen LogP contribution in [0, 0.1) is 0 Å². The molecule has 0 saturated heterocycles. The Morgan fingerprint density at radius 2 is 2.23 bits per heavy atom. The highest BCUT2D eigenvalue weighted by Gasteiger charge is 2.17. The van der Waals surface area contributed by atoms with E-state index in [-0.39, 0.29) is 10.5 Å². The molecule has 2 aromatic heterocycles. The first-order chi connectivity index (χ1) is 6.09. The van der Waals surface area contributed by atoms with Gasteiger partial charge < -0.3 is 0 Å². The molecule has 0 aliphatic carbocycles. The van der Waals surface area contributed by atoms with Crippen molar-refractivity contribution >= 4 is 21.1 Å². The largest absolute Gasteiger partial charge is 0.273 e. The molecule has 13 heavy (non-hydrogen) atoms. The average molecular weight is 199 g/mol. The van der Waals surface area contributed by atoms with Gasteiger partial charge in [-0.05, 0) is 0 Å². The highest BCUT2D eigenvalue weighted by molar-refractivity contribution is 7.89. The summed E-state index contributed by atoms with van der Waals surface area (Å²) in [6.45, 7) is 0. The Kier molecular flexibility index (Phi) is 1.54. The van der Waals surface area contributed by atoms with E-state index in [9.17, 15) is 8.42 Å². The lowest BCUT2D eigenvalue weighted by Crippen LogP contribution is -2.13. The number of nitrogens with two attached hydrogens (primary N) is 1. The topological polar surface area (TPSA) is 115 Å². The zero-order valence-electron chi connectivity index (χ0n) is 6.30. The third kappa shape index (κ3) is 1.25. The quantitative estimate of drug-likeness (QED) is 0.611. The number of aromatic nitrogens is 4. The Bertz CT molecular complexity index is 545. The van der Waals surface area contributed by atoms with Crippen LogP contribution >= 0.6 is 0 Å². The van der Waals surface area contributed by atoms with Crippen LogP contribution in [0.5, 0.6) is 0 Å². The number of aromatic amines is 1. The van der Waals surface area contributed by atoms with Gasteiger partial charge in [-0.15, -0.1) is 0 Å². The highest BCUT2D eigenvalue weighted by Crippen LogP contribution is 2.13. The summed E-state index contributed by atoms with van der Waals surface area (Å²) in [6, 6.07) is 0. The van der Waals surface area contributed by atoms with Gasteiger partial charge in [-0.3, -0.25) is 5.10 Å². The summed E-state index contributed by atoms with van der Waals surface area (Å²) in [5.41, 5.74) is 0.643. The normalized spacial score (nSPS) is 12.1. The molecule has 0 spiro atoms. The van der Waals surface area contributed by atoms with Crippen molar-refractivity contribution in [2.75, 3.05) is 0 Å². The van der Waals surface area contributed by atoms with Crippen LogP contribution in [0.15, 0.2) is 17.6 Å². The molecule has 2 aromatic rings. The minimum absolute atomic E-state index is 0.206. The van der Waals surface area contributed by atoms with Gasteiger partial charge in [-0.2, -0.15) is 5.10 Å². The Balaban J connectivity index is 2.87. The van der Waals surface area contributed by atoms with Crippen molar-refractivity contribution < 1.29 is 8.42 Å². The van der Waals surface area contributed by atoms with Crippen LogP contribution in [-0.4, -0.2) is 28.6 Å². The lowest BCUT2D eigenvalue weighted by molar-refractivity contribution is 0.594. The van der Waals surface area contributed by atoms with Crippen molar-refractivity contribution in [2.45, 2.75) is 5.03 Å². The fraction of sp³-hybridized carbons (Fsp3) is 0. The van der Waals surface area contributed by atoms with Crippen molar-refractivity contribution in [3.63, 3.8) is 0 Å². The first kappa shape index (κ1) is 8.08. The van der Waals surface area contributed by atoms with E-state index in [0.717, 1.165) is 0 Å².